The van der Waals surface area contributed by atoms with Gasteiger partial charge in [-0.05, 0) is 25.2 Å². The van der Waals surface area contributed by atoms with Crippen LogP contribution in [-0.4, -0.2) is 15.7 Å². The Morgan fingerprint density at radius 1 is 1.44 bits per heavy atom. The number of alkyl halides is 1. The third-order valence-electron chi connectivity index (χ3n) is 3.90. The summed E-state index contributed by atoms with van der Waals surface area (Å²) in [6.45, 7) is 2.15. The number of hydrogen-bond donors (Lipinski definition) is 0. The normalized spacial score (nSPS) is 18.3. The molecule has 18 heavy (non-hydrogen) atoms. The zero-order valence-corrected chi connectivity index (χ0v) is 12.2. The van der Waals surface area contributed by atoms with Crippen LogP contribution in [-0.2, 0) is 13.5 Å². The Hall–Kier alpha value is -0.760. The molecule has 1 saturated carbocycles. The van der Waals surface area contributed by atoms with Crippen molar-refractivity contribution in [3.63, 3.8) is 0 Å². The van der Waals surface area contributed by atoms with E-state index in [2.05, 4.69) is 24.3 Å². The van der Waals surface area contributed by atoms with Crippen molar-refractivity contribution in [3.8, 4) is 0 Å². The second-order valence-electron chi connectivity index (χ2n) is 5.25. The molecule has 0 radical (unpaired) electrons. The van der Waals surface area contributed by atoms with Crippen molar-refractivity contribution in [2.24, 2.45) is 13.0 Å². The fraction of sp³-hybridized carbons (Fsp3) is 0.667. The first-order valence-electron chi connectivity index (χ1n) is 7.03. The van der Waals surface area contributed by atoms with Gasteiger partial charge in [-0.3, -0.25) is 4.68 Å². The van der Waals surface area contributed by atoms with Gasteiger partial charge in [0.2, 0.25) is 0 Å². The SMILES string of the molecule is CCc1nn(C)cc1/C=C(/CCl)C1CCCCC1. The Labute approximate surface area is 115 Å². The smallest absolute Gasteiger partial charge is 0.0694 e. The second-order valence-corrected chi connectivity index (χ2v) is 5.51. The molecule has 1 aromatic rings. The van der Waals surface area contributed by atoms with Crippen molar-refractivity contribution in [1.29, 1.82) is 0 Å². The van der Waals surface area contributed by atoms with E-state index in [9.17, 15) is 0 Å². The minimum absolute atomic E-state index is 0.655. The summed E-state index contributed by atoms with van der Waals surface area (Å²) in [6, 6.07) is 0. The van der Waals surface area contributed by atoms with Crippen molar-refractivity contribution in [2.45, 2.75) is 45.4 Å². The second kappa shape index (κ2) is 6.42. The molecule has 1 aliphatic rings. The average Bonchev–Trinajstić information content (AvgIpc) is 2.77. The number of hydrogen-bond acceptors (Lipinski definition) is 1. The van der Waals surface area contributed by atoms with Crippen molar-refractivity contribution >= 4 is 17.7 Å². The largest absolute Gasteiger partial charge is 0.275 e. The van der Waals surface area contributed by atoms with Crippen LogP contribution in [0.25, 0.3) is 6.08 Å². The van der Waals surface area contributed by atoms with E-state index in [-0.39, 0.29) is 0 Å². The third-order valence-corrected chi connectivity index (χ3v) is 4.21. The molecular weight excluding hydrogens is 244 g/mol. The number of allylic oxidation sites excluding steroid dienone is 1. The van der Waals surface area contributed by atoms with Crippen LogP contribution < -0.4 is 0 Å². The molecule has 0 amide bonds. The first kappa shape index (κ1) is 13.7. The Morgan fingerprint density at radius 3 is 2.78 bits per heavy atom. The van der Waals surface area contributed by atoms with E-state index < -0.39 is 0 Å². The topological polar surface area (TPSA) is 17.8 Å². The van der Waals surface area contributed by atoms with Crippen LogP contribution in [0.15, 0.2) is 11.8 Å². The van der Waals surface area contributed by atoms with Gasteiger partial charge in [0.05, 0.1) is 5.69 Å². The highest BCUT2D eigenvalue weighted by atomic mass is 35.5. The van der Waals surface area contributed by atoms with Gasteiger partial charge in [-0.25, -0.2) is 0 Å². The highest BCUT2D eigenvalue weighted by Gasteiger charge is 2.17. The van der Waals surface area contributed by atoms with Gasteiger partial charge in [0.1, 0.15) is 0 Å². The summed E-state index contributed by atoms with van der Waals surface area (Å²) in [5.41, 5.74) is 3.83. The molecule has 100 valence electrons. The Morgan fingerprint density at radius 2 is 2.17 bits per heavy atom. The minimum Gasteiger partial charge on any atom is -0.275 e. The highest BCUT2D eigenvalue weighted by molar-refractivity contribution is 6.19. The fourth-order valence-electron chi connectivity index (χ4n) is 2.89. The van der Waals surface area contributed by atoms with Crippen molar-refractivity contribution in [3.05, 3.63) is 23.0 Å². The Balaban J connectivity index is 2.21. The van der Waals surface area contributed by atoms with E-state index in [0.29, 0.717) is 11.8 Å². The van der Waals surface area contributed by atoms with Crippen LogP contribution >= 0.6 is 11.6 Å². The predicted molar refractivity (Wildman–Crippen MR) is 77.9 cm³/mol. The average molecular weight is 267 g/mol. The summed E-state index contributed by atoms with van der Waals surface area (Å²) in [5, 5.41) is 4.49. The minimum atomic E-state index is 0.655. The maximum atomic E-state index is 6.16. The van der Waals surface area contributed by atoms with Gasteiger partial charge < -0.3 is 0 Å². The molecule has 0 atom stereocenters. The lowest BCUT2D eigenvalue weighted by molar-refractivity contribution is 0.405. The molecule has 1 fully saturated rings. The summed E-state index contributed by atoms with van der Waals surface area (Å²) < 4.78 is 1.90. The van der Waals surface area contributed by atoms with Crippen LogP contribution in [0.4, 0.5) is 0 Å². The molecule has 0 saturated heterocycles. The lowest BCUT2D eigenvalue weighted by Crippen LogP contribution is -2.10. The summed E-state index contributed by atoms with van der Waals surface area (Å²) in [5.74, 6) is 1.35. The van der Waals surface area contributed by atoms with E-state index in [1.807, 2.05) is 11.7 Å². The summed E-state index contributed by atoms with van der Waals surface area (Å²) in [7, 11) is 1.98. The van der Waals surface area contributed by atoms with Gasteiger partial charge in [0.15, 0.2) is 0 Å². The van der Waals surface area contributed by atoms with Crippen LogP contribution in [0.5, 0.6) is 0 Å². The summed E-state index contributed by atoms with van der Waals surface area (Å²) in [6.07, 6.45) is 12.1. The summed E-state index contributed by atoms with van der Waals surface area (Å²) in [4.78, 5) is 0. The Bertz CT molecular complexity index is 414. The zero-order chi connectivity index (χ0) is 13.0. The lowest BCUT2D eigenvalue weighted by Gasteiger charge is -2.23. The van der Waals surface area contributed by atoms with Crippen molar-refractivity contribution in [1.82, 2.24) is 9.78 Å². The third kappa shape index (κ3) is 3.17. The number of nitrogens with zero attached hydrogens (tertiary/aromatic N) is 2. The van der Waals surface area contributed by atoms with Crippen LogP contribution in [0.2, 0.25) is 0 Å². The number of rotatable bonds is 4. The van der Waals surface area contributed by atoms with Gasteiger partial charge in [-0.15, -0.1) is 11.6 Å². The number of halogens is 1. The quantitative estimate of drug-likeness (QED) is 0.748. The van der Waals surface area contributed by atoms with E-state index in [0.717, 1.165) is 6.42 Å². The van der Waals surface area contributed by atoms with E-state index >= 15 is 0 Å². The molecule has 2 rings (SSSR count). The molecule has 0 unspecified atom stereocenters. The molecule has 1 aromatic heterocycles. The van der Waals surface area contributed by atoms with Crippen LogP contribution in [0.3, 0.4) is 0 Å². The van der Waals surface area contributed by atoms with Crippen molar-refractivity contribution in [2.75, 3.05) is 5.88 Å². The molecule has 1 aliphatic carbocycles. The first-order chi connectivity index (χ1) is 8.74. The van der Waals surface area contributed by atoms with E-state index in [4.69, 9.17) is 11.6 Å². The van der Waals surface area contributed by atoms with Gasteiger partial charge in [-0.1, -0.05) is 37.8 Å². The molecule has 0 bridgehead atoms. The van der Waals surface area contributed by atoms with E-state index in [1.165, 1.54) is 48.9 Å². The lowest BCUT2D eigenvalue weighted by atomic mass is 9.83. The summed E-state index contributed by atoms with van der Waals surface area (Å²) >= 11 is 6.16. The molecule has 0 aliphatic heterocycles. The molecule has 2 nitrogen and oxygen atoms in total. The van der Waals surface area contributed by atoms with E-state index in [1.54, 1.807) is 0 Å². The van der Waals surface area contributed by atoms with Gasteiger partial charge >= 0.3 is 0 Å². The number of aromatic nitrogens is 2. The number of aryl methyl sites for hydroxylation is 2. The Kier molecular flexibility index (Phi) is 4.87. The zero-order valence-electron chi connectivity index (χ0n) is 11.5. The molecule has 1 heterocycles. The van der Waals surface area contributed by atoms with Gasteiger partial charge in [-0.2, -0.15) is 5.10 Å². The highest BCUT2D eigenvalue weighted by Crippen LogP contribution is 2.31. The van der Waals surface area contributed by atoms with Gasteiger partial charge in [0.25, 0.3) is 0 Å². The fourth-order valence-corrected chi connectivity index (χ4v) is 3.18. The molecular formula is C15H23ClN2. The molecule has 0 spiro atoms. The maximum absolute atomic E-state index is 6.16. The van der Waals surface area contributed by atoms with Crippen LogP contribution in [0, 0.1) is 5.92 Å². The first-order valence-corrected chi connectivity index (χ1v) is 7.57. The van der Waals surface area contributed by atoms with Gasteiger partial charge in [0, 0.05) is 24.7 Å². The monoisotopic (exact) mass is 266 g/mol. The standard InChI is InChI=1S/C15H23ClN2/c1-3-15-14(11-18(2)17-15)9-13(10-16)12-7-5-4-6-8-12/h9,11-12H,3-8,10H2,1-2H3/b13-9-. The van der Waals surface area contributed by atoms with Crippen molar-refractivity contribution < 1.29 is 0 Å². The molecule has 0 aromatic carbocycles. The molecule has 0 N–H and O–H groups in total. The predicted octanol–water partition coefficient (Wildman–Crippen LogP) is 4.19. The maximum Gasteiger partial charge on any atom is 0.0694 e. The van der Waals surface area contributed by atoms with Crippen LogP contribution in [0.1, 0.15) is 50.3 Å². The molecule has 3 heteroatoms.